The molecule has 0 bridgehead atoms. The zero-order valence-electron chi connectivity index (χ0n) is 19.5. The Labute approximate surface area is 204 Å². The first-order chi connectivity index (χ1) is 16.3. The Hall–Kier alpha value is -3.50. The van der Waals surface area contributed by atoms with E-state index in [0.29, 0.717) is 48.8 Å². The van der Waals surface area contributed by atoms with E-state index in [1.54, 1.807) is 48.5 Å². The Morgan fingerprint density at radius 2 is 1.65 bits per heavy atom. The lowest BCUT2D eigenvalue weighted by atomic mass is 10.1. The maximum Gasteiger partial charge on any atom is 0.269 e. The highest BCUT2D eigenvalue weighted by atomic mass is 32.1. The van der Waals surface area contributed by atoms with Gasteiger partial charge in [-0.25, -0.2) is 0 Å². The molecule has 0 aliphatic heterocycles. The first-order valence-corrected chi connectivity index (χ1v) is 11.3. The molecule has 0 heterocycles. The maximum absolute atomic E-state index is 12.6. The first-order valence-electron chi connectivity index (χ1n) is 10.9. The number of hydrogen-bond donors (Lipinski definition) is 4. The van der Waals surface area contributed by atoms with E-state index in [-0.39, 0.29) is 16.9 Å². The van der Waals surface area contributed by atoms with Crippen LogP contribution in [0.25, 0.3) is 0 Å². The average Bonchev–Trinajstić information content (AvgIpc) is 2.80. The van der Waals surface area contributed by atoms with Crippen molar-refractivity contribution in [3.05, 3.63) is 59.7 Å². The fraction of sp³-hybridized carbons (Fsp3) is 0.333. The highest BCUT2D eigenvalue weighted by Gasteiger charge is 2.14. The summed E-state index contributed by atoms with van der Waals surface area (Å²) in [5.74, 6) is -0.387. The van der Waals surface area contributed by atoms with E-state index >= 15 is 0 Å². The van der Waals surface area contributed by atoms with Crippen molar-refractivity contribution in [3.63, 3.8) is 0 Å². The number of hydrazine groups is 1. The van der Waals surface area contributed by atoms with Crippen LogP contribution in [0.15, 0.2) is 48.5 Å². The van der Waals surface area contributed by atoms with Gasteiger partial charge in [0.1, 0.15) is 12.4 Å². The van der Waals surface area contributed by atoms with E-state index in [1.807, 2.05) is 20.8 Å². The number of nitrogens with one attached hydrogen (secondary N) is 4. The molecule has 0 saturated carbocycles. The molecule has 0 radical (unpaired) electrons. The number of thiocarbonyl (C=S) groups is 1. The van der Waals surface area contributed by atoms with Crippen LogP contribution in [-0.4, -0.2) is 42.7 Å². The second-order valence-corrected chi connectivity index (χ2v) is 8.04. The van der Waals surface area contributed by atoms with Gasteiger partial charge in [-0.05, 0) is 61.5 Å². The quantitative estimate of drug-likeness (QED) is 0.232. The Morgan fingerprint density at radius 1 is 0.941 bits per heavy atom. The summed E-state index contributed by atoms with van der Waals surface area (Å²) in [5.41, 5.74) is 6.16. The molecule has 10 heteroatoms. The monoisotopic (exact) mass is 486 g/mol. The molecule has 2 aromatic rings. The topological polar surface area (TPSA) is 118 Å². The number of benzene rings is 2. The van der Waals surface area contributed by atoms with E-state index < -0.39 is 11.8 Å². The van der Waals surface area contributed by atoms with Crippen LogP contribution in [-0.2, 0) is 9.53 Å². The minimum Gasteiger partial charge on any atom is -0.490 e. The Morgan fingerprint density at radius 3 is 2.32 bits per heavy atom. The van der Waals surface area contributed by atoms with Crippen molar-refractivity contribution in [1.82, 2.24) is 16.2 Å². The van der Waals surface area contributed by atoms with Gasteiger partial charge in [0.2, 0.25) is 5.91 Å². The molecule has 0 aliphatic rings. The van der Waals surface area contributed by atoms with Crippen LogP contribution in [0.4, 0.5) is 5.69 Å². The molecule has 0 aromatic heterocycles. The van der Waals surface area contributed by atoms with Gasteiger partial charge in [0, 0.05) is 24.3 Å². The van der Waals surface area contributed by atoms with Crippen molar-refractivity contribution < 1.29 is 23.9 Å². The predicted octanol–water partition coefficient (Wildman–Crippen LogP) is 3.04. The van der Waals surface area contributed by atoms with Crippen LogP contribution in [0.5, 0.6) is 5.75 Å². The number of hydrogen-bond acceptors (Lipinski definition) is 6. The highest BCUT2D eigenvalue weighted by molar-refractivity contribution is 7.80. The van der Waals surface area contributed by atoms with Gasteiger partial charge in [0.15, 0.2) is 5.11 Å². The van der Waals surface area contributed by atoms with Crippen molar-refractivity contribution in [2.75, 3.05) is 25.1 Å². The third-order valence-electron chi connectivity index (χ3n) is 4.36. The van der Waals surface area contributed by atoms with Crippen LogP contribution < -0.4 is 26.2 Å². The lowest BCUT2D eigenvalue weighted by molar-refractivity contribution is -0.116. The maximum atomic E-state index is 12.6. The van der Waals surface area contributed by atoms with Crippen molar-refractivity contribution in [1.29, 1.82) is 0 Å². The molecular weight excluding hydrogens is 456 g/mol. The van der Waals surface area contributed by atoms with Crippen LogP contribution in [0.3, 0.4) is 0 Å². The summed E-state index contributed by atoms with van der Waals surface area (Å²) in [6.45, 7) is 7.10. The highest BCUT2D eigenvalue weighted by Crippen LogP contribution is 2.17. The second kappa shape index (κ2) is 13.9. The van der Waals surface area contributed by atoms with E-state index in [1.165, 1.54) is 0 Å². The summed E-state index contributed by atoms with van der Waals surface area (Å²) < 4.78 is 10.8. The van der Waals surface area contributed by atoms with Gasteiger partial charge in [-0.3, -0.25) is 30.6 Å². The zero-order valence-corrected chi connectivity index (χ0v) is 20.3. The number of para-hydroxylation sites is 1. The van der Waals surface area contributed by atoms with Crippen LogP contribution in [0.2, 0.25) is 0 Å². The van der Waals surface area contributed by atoms with Gasteiger partial charge in [-0.2, -0.15) is 0 Å². The molecule has 3 amide bonds. The van der Waals surface area contributed by atoms with Gasteiger partial charge in [0.05, 0.1) is 12.2 Å². The molecule has 182 valence electrons. The van der Waals surface area contributed by atoms with Crippen LogP contribution >= 0.6 is 12.2 Å². The minimum absolute atomic E-state index is 0.0833. The Bertz CT molecular complexity index is 995. The third-order valence-corrected chi connectivity index (χ3v) is 4.57. The summed E-state index contributed by atoms with van der Waals surface area (Å²) in [5, 5.41) is 5.19. The number of rotatable bonds is 10. The van der Waals surface area contributed by atoms with E-state index in [0.717, 1.165) is 0 Å². The molecule has 0 aliphatic carbocycles. The molecule has 2 rings (SSSR count). The summed E-state index contributed by atoms with van der Waals surface area (Å²) in [4.78, 5) is 36.8. The third kappa shape index (κ3) is 9.16. The molecule has 4 N–H and O–H groups in total. The van der Waals surface area contributed by atoms with E-state index in [2.05, 4.69) is 21.5 Å². The van der Waals surface area contributed by atoms with Gasteiger partial charge in [-0.15, -0.1) is 0 Å². The zero-order chi connectivity index (χ0) is 24.9. The van der Waals surface area contributed by atoms with Gasteiger partial charge >= 0.3 is 0 Å². The van der Waals surface area contributed by atoms with Crippen molar-refractivity contribution in [3.8, 4) is 5.75 Å². The van der Waals surface area contributed by atoms with Crippen molar-refractivity contribution in [2.24, 2.45) is 5.92 Å². The molecule has 0 spiro atoms. The molecule has 34 heavy (non-hydrogen) atoms. The Kier molecular flexibility index (Phi) is 10.9. The largest absolute Gasteiger partial charge is 0.490 e. The van der Waals surface area contributed by atoms with Crippen LogP contribution in [0.1, 0.15) is 47.9 Å². The molecule has 0 saturated heterocycles. The molecular formula is C24H30N4O5S. The lowest BCUT2D eigenvalue weighted by Crippen LogP contribution is -2.48. The van der Waals surface area contributed by atoms with Gasteiger partial charge in [-0.1, -0.05) is 26.0 Å². The molecule has 0 fully saturated rings. The SMILES string of the molecule is CCOCCOc1ccccc1C(=O)NC(=S)NNC(=O)c1ccc(NC(=O)CC(C)C)cc1. The van der Waals surface area contributed by atoms with Crippen molar-refractivity contribution >= 4 is 40.7 Å². The average molecular weight is 487 g/mol. The summed E-state index contributed by atoms with van der Waals surface area (Å²) in [6.07, 6.45) is 0.416. The van der Waals surface area contributed by atoms with Crippen LogP contribution in [0, 0.1) is 5.92 Å². The Balaban J connectivity index is 1.84. The van der Waals surface area contributed by atoms with E-state index in [4.69, 9.17) is 21.7 Å². The fourth-order valence-electron chi connectivity index (χ4n) is 2.81. The van der Waals surface area contributed by atoms with E-state index in [9.17, 15) is 14.4 Å². The molecule has 2 aromatic carbocycles. The molecule has 0 unspecified atom stereocenters. The second-order valence-electron chi connectivity index (χ2n) is 7.63. The molecule has 0 atom stereocenters. The van der Waals surface area contributed by atoms with Gasteiger partial charge in [0.25, 0.3) is 11.8 Å². The lowest BCUT2D eigenvalue weighted by Gasteiger charge is -2.13. The normalized spacial score (nSPS) is 10.4. The van der Waals surface area contributed by atoms with Gasteiger partial charge < -0.3 is 14.8 Å². The predicted molar refractivity (Wildman–Crippen MR) is 134 cm³/mol. The number of carbonyl (C=O) groups excluding carboxylic acids is 3. The van der Waals surface area contributed by atoms with Crippen molar-refractivity contribution in [2.45, 2.75) is 27.2 Å². The minimum atomic E-state index is -0.486. The standard InChI is InChI=1S/C24H30N4O5S/c1-4-32-13-14-33-20-8-6-5-7-19(20)23(31)26-24(34)28-27-22(30)17-9-11-18(12-10-17)25-21(29)15-16(2)3/h5-12,16H,4,13-15H2,1-3H3,(H,25,29)(H,27,30)(H2,26,28,31,34). The summed E-state index contributed by atoms with van der Waals surface area (Å²) >= 11 is 5.10. The fourth-order valence-corrected chi connectivity index (χ4v) is 2.95. The number of amides is 3. The smallest absolute Gasteiger partial charge is 0.269 e. The summed E-state index contributed by atoms with van der Waals surface area (Å²) in [6, 6.07) is 13.1. The molecule has 9 nitrogen and oxygen atoms in total. The summed E-state index contributed by atoms with van der Waals surface area (Å²) in [7, 11) is 0. The first kappa shape index (κ1) is 26.7. The number of ether oxygens (including phenoxy) is 2. The number of anilines is 1. The number of carbonyl (C=O) groups is 3.